The van der Waals surface area contributed by atoms with Crippen LogP contribution in [0, 0.1) is 5.92 Å². The van der Waals surface area contributed by atoms with E-state index < -0.39 is 5.97 Å². The number of aliphatic carboxylic acids is 1. The van der Waals surface area contributed by atoms with Crippen LogP contribution < -0.4 is 0 Å². The number of rotatable bonds is 19. The van der Waals surface area contributed by atoms with E-state index >= 15 is 0 Å². The molecule has 148 valence electrons. The van der Waals surface area contributed by atoms with E-state index in [4.69, 9.17) is 5.11 Å². The Kier molecular flexibility index (Phi) is 17.4. The van der Waals surface area contributed by atoms with Gasteiger partial charge >= 0.3 is 5.97 Å². The summed E-state index contributed by atoms with van der Waals surface area (Å²) < 4.78 is 0. The first kappa shape index (κ1) is 24.2. The highest BCUT2D eigenvalue weighted by atomic mass is 16.4. The quantitative estimate of drug-likeness (QED) is 0.189. The van der Waals surface area contributed by atoms with Gasteiger partial charge in [-0.15, -0.1) is 0 Å². The van der Waals surface area contributed by atoms with Crippen LogP contribution in [0.5, 0.6) is 0 Å². The highest BCUT2D eigenvalue weighted by Crippen LogP contribution is 2.18. The zero-order valence-corrected chi connectivity index (χ0v) is 17.2. The van der Waals surface area contributed by atoms with Crippen molar-refractivity contribution in [2.24, 2.45) is 5.92 Å². The Bertz CT molecular complexity index is 322. The molecule has 0 amide bonds. The smallest absolute Gasteiger partial charge is 0.331 e. The zero-order chi connectivity index (χ0) is 18.8. The second kappa shape index (κ2) is 18.0. The number of carboxylic acid groups (broad SMARTS) is 1. The maximum absolute atomic E-state index is 10.8. The molecule has 0 aliphatic carbocycles. The summed E-state index contributed by atoms with van der Waals surface area (Å²) in [5.41, 5.74) is 0.362. The van der Waals surface area contributed by atoms with Crippen LogP contribution in [0.15, 0.2) is 12.2 Å². The second-order valence-electron chi connectivity index (χ2n) is 7.82. The Hall–Kier alpha value is -0.790. The Balaban J connectivity index is 3.17. The van der Waals surface area contributed by atoms with Gasteiger partial charge in [0, 0.05) is 5.57 Å². The van der Waals surface area contributed by atoms with E-state index in [0.29, 0.717) is 5.57 Å². The lowest BCUT2D eigenvalue weighted by atomic mass is 9.95. The van der Waals surface area contributed by atoms with Crippen molar-refractivity contribution in [3.8, 4) is 0 Å². The highest BCUT2D eigenvalue weighted by Gasteiger charge is 2.12. The van der Waals surface area contributed by atoms with Crippen LogP contribution in [0.3, 0.4) is 0 Å². The van der Waals surface area contributed by atoms with Crippen molar-refractivity contribution in [3.63, 3.8) is 0 Å². The zero-order valence-electron chi connectivity index (χ0n) is 17.2. The molecular weight excluding hydrogens is 308 g/mol. The molecule has 0 aromatic rings. The van der Waals surface area contributed by atoms with Gasteiger partial charge in [-0.25, -0.2) is 4.79 Å². The van der Waals surface area contributed by atoms with Crippen molar-refractivity contribution in [2.45, 2.75) is 123 Å². The lowest BCUT2D eigenvalue weighted by Gasteiger charge is -2.10. The first-order valence-electron chi connectivity index (χ1n) is 11.0. The number of hydrogen-bond donors (Lipinski definition) is 1. The van der Waals surface area contributed by atoms with Crippen LogP contribution in [0.1, 0.15) is 123 Å². The SMILES string of the molecule is C=C(C(=O)O)C(C)CCCCCCCCCCCCCCCCCC. The molecule has 1 unspecified atom stereocenters. The molecular formula is C23H44O2. The maximum Gasteiger partial charge on any atom is 0.331 e. The average Bonchev–Trinajstić information content (AvgIpc) is 2.60. The molecule has 0 aliphatic rings. The van der Waals surface area contributed by atoms with E-state index in [1.807, 2.05) is 6.92 Å². The van der Waals surface area contributed by atoms with Crippen molar-refractivity contribution in [2.75, 3.05) is 0 Å². The Morgan fingerprint density at radius 1 is 0.720 bits per heavy atom. The number of carbonyl (C=O) groups is 1. The van der Waals surface area contributed by atoms with Gasteiger partial charge in [-0.2, -0.15) is 0 Å². The predicted molar refractivity (Wildman–Crippen MR) is 110 cm³/mol. The molecule has 0 heterocycles. The summed E-state index contributed by atoms with van der Waals surface area (Å²) in [7, 11) is 0. The standard InChI is InChI=1S/C23H44O2/c1-4-5-6-7-8-9-10-11-12-13-14-15-16-17-18-19-20-21(2)22(3)23(24)25/h21H,3-20H2,1-2H3,(H,24,25). The van der Waals surface area contributed by atoms with Gasteiger partial charge in [0.2, 0.25) is 0 Å². The molecule has 0 bridgehead atoms. The molecule has 0 saturated carbocycles. The third kappa shape index (κ3) is 16.4. The van der Waals surface area contributed by atoms with Gasteiger partial charge in [0.05, 0.1) is 0 Å². The lowest BCUT2D eigenvalue weighted by Crippen LogP contribution is -2.08. The summed E-state index contributed by atoms with van der Waals surface area (Å²) in [6.07, 6.45) is 22.9. The van der Waals surface area contributed by atoms with Crippen LogP contribution in [0.25, 0.3) is 0 Å². The number of carboxylic acids is 1. The van der Waals surface area contributed by atoms with Crippen molar-refractivity contribution in [3.05, 3.63) is 12.2 Å². The molecule has 0 aromatic heterocycles. The summed E-state index contributed by atoms with van der Waals surface area (Å²) in [5.74, 6) is -0.729. The van der Waals surface area contributed by atoms with E-state index in [9.17, 15) is 4.79 Å². The average molecular weight is 353 g/mol. The van der Waals surface area contributed by atoms with Crippen molar-refractivity contribution in [1.29, 1.82) is 0 Å². The van der Waals surface area contributed by atoms with E-state index in [2.05, 4.69) is 13.5 Å². The number of hydrogen-bond acceptors (Lipinski definition) is 1. The minimum Gasteiger partial charge on any atom is -0.478 e. The fourth-order valence-corrected chi connectivity index (χ4v) is 3.38. The molecule has 0 spiro atoms. The summed E-state index contributed by atoms with van der Waals surface area (Å²) >= 11 is 0. The first-order chi connectivity index (χ1) is 12.1. The van der Waals surface area contributed by atoms with Crippen LogP contribution >= 0.6 is 0 Å². The fraction of sp³-hybridized carbons (Fsp3) is 0.870. The molecule has 0 saturated heterocycles. The molecule has 2 nitrogen and oxygen atoms in total. The first-order valence-corrected chi connectivity index (χ1v) is 11.0. The fourth-order valence-electron chi connectivity index (χ4n) is 3.38. The van der Waals surface area contributed by atoms with Gasteiger partial charge in [-0.05, 0) is 12.3 Å². The highest BCUT2D eigenvalue weighted by molar-refractivity contribution is 5.86. The minimum absolute atomic E-state index is 0.115. The largest absolute Gasteiger partial charge is 0.478 e. The second-order valence-corrected chi connectivity index (χ2v) is 7.82. The van der Waals surface area contributed by atoms with Crippen LogP contribution in [-0.4, -0.2) is 11.1 Å². The molecule has 0 aromatic carbocycles. The van der Waals surface area contributed by atoms with E-state index in [1.165, 1.54) is 96.3 Å². The van der Waals surface area contributed by atoms with Crippen LogP contribution in [-0.2, 0) is 4.79 Å². The molecule has 1 atom stereocenters. The molecule has 2 heteroatoms. The van der Waals surface area contributed by atoms with E-state index in [1.54, 1.807) is 0 Å². The minimum atomic E-state index is -0.844. The van der Waals surface area contributed by atoms with Crippen molar-refractivity contribution < 1.29 is 9.90 Å². The molecule has 25 heavy (non-hydrogen) atoms. The summed E-state index contributed by atoms with van der Waals surface area (Å²) in [6, 6.07) is 0. The van der Waals surface area contributed by atoms with Crippen LogP contribution in [0.4, 0.5) is 0 Å². The summed E-state index contributed by atoms with van der Waals surface area (Å²) in [6.45, 7) is 7.90. The number of unbranched alkanes of at least 4 members (excludes halogenated alkanes) is 15. The molecule has 0 aliphatic heterocycles. The molecule has 0 fully saturated rings. The maximum atomic E-state index is 10.8. The predicted octanol–water partition coefficient (Wildman–Crippen LogP) is 7.91. The Labute approximate surface area is 157 Å². The van der Waals surface area contributed by atoms with Crippen molar-refractivity contribution in [1.82, 2.24) is 0 Å². The summed E-state index contributed by atoms with van der Waals surface area (Å²) in [5, 5.41) is 8.89. The van der Waals surface area contributed by atoms with Gasteiger partial charge in [-0.3, -0.25) is 0 Å². The monoisotopic (exact) mass is 352 g/mol. The third-order valence-corrected chi connectivity index (χ3v) is 5.36. The van der Waals surface area contributed by atoms with E-state index in [0.717, 1.165) is 12.8 Å². The van der Waals surface area contributed by atoms with Crippen molar-refractivity contribution >= 4 is 5.97 Å². The molecule has 1 N–H and O–H groups in total. The van der Waals surface area contributed by atoms with Crippen LogP contribution in [0.2, 0.25) is 0 Å². The topological polar surface area (TPSA) is 37.3 Å². The Morgan fingerprint density at radius 2 is 1.04 bits per heavy atom. The van der Waals surface area contributed by atoms with Gasteiger partial charge in [0.1, 0.15) is 0 Å². The Morgan fingerprint density at radius 3 is 1.36 bits per heavy atom. The molecule has 0 radical (unpaired) electrons. The van der Waals surface area contributed by atoms with Gasteiger partial charge < -0.3 is 5.11 Å². The lowest BCUT2D eigenvalue weighted by molar-refractivity contribution is -0.133. The van der Waals surface area contributed by atoms with Gasteiger partial charge in [-0.1, -0.05) is 123 Å². The van der Waals surface area contributed by atoms with E-state index in [-0.39, 0.29) is 5.92 Å². The summed E-state index contributed by atoms with van der Waals surface area (Å²) in [4.78, 5) is 10.8. The third-order valence-electron chi connectivity index (χ3n) is 5.36. The molecule has 0 rings (SSSR count). The normalized spacial score (nSPS) is 12.2. The van der Waals surface area contributed by atoms with Gasteiger partial charge in [0.25, 0.3) is 0 Å². The van der Waals surface area contributed by atoms with Gasteiger partial charge in [0.15, 0.2) is 0 Å².